The molecule has 1 aromatic rings. The number of ether oxygens (including phenoxy) is 1. The van der Waals surface area contributed by atoms with Crippen LogP contribution in [0, 0.1) is 11.3 Å². The zero-order valence-corrected chi connectivity index (χ0v) is 11.7. The molecule has 1 unspecified atom stereocenters. The highest BCUT2D eigenvalue weighted by atomic mass is 19.4. The van der Waals surface area contributed by atoms with Crippen molar-refractivity contribution < 1.29 is 17.9 Å². The summed E-state index contributed by atoms with van der Waals surface area (Å²) >= 11 is 0. The highest BCUT2D eigenvalue weighted by Crippen LogP contribution is 2.34. The second-order valence-electron chi connectivity index (χ2n) is 4.43. The van der Waals surface area contributed by atoms with Gasteiger partial charge in [-0.1, -0.05) is 0 Å². The van der Waals surface area contributed by atoms with Gasteiger partial charge in [0.15, 0.2) is 0 Å². The van der Waals surface area contributed by atoms with E-state index in [1.807, 2.05) is 18.7 Å². The number of nitrogens with zero attached hydrogens (tertiary/aromatic N) is 2. The highest BCUT2D eigenvalue weighted by Gasteiger charge is 2.33. The van der Waals surface area contributed by atoms with Gasteiger partial charge in [-0.2, -0.15) is 18.4 Å². The van der Waals surface area contributed by atoms with E-state index in [0.717, 1.165) is 6.07 Å². The molecule has 0 bridgehead atoms. The molecule has 0 aromatic heterocycles. The molecule has 110 valence electrons. The van der Waals surface area contributed by atoms with Crippen molar-refractivity contribution in [1.29, 1.82) is 5.26 Å². The second-order valence-corrected chi connectivity index (χ2v) is 4.43. The van der Waals surface area contributed by atoms with Gasteiger partial charge in [-0.05, 0) is 32.0 Å². The Morgan fingerprint density at radius 1 is 1.40 bits per heavy atom. The van der Waals surface area contributed by atoms with E-state index in [0.29, 0.717) is 18.8 Å². The van der Waals surface area contributed by atoms with E-state index in [-0.39, 0.29) is 11.6 Å². The quantitative estimate of drug-likeness (QED) is 0.832. The van der Waals surface area contributed by atoms with Crippen LogP contribution in [0.25, 0.3) is 0 Å². The Morgan fingerprint density at radius 2 is 2.05 bits per heavy atom. The molecule has 0 saturated carbocycles. The average Bonchev–Trinajstić information content (AvgIpc) is 2.38. The molecule has 0 N–H and O–H groups in total. The fourth-order valence-electron chi connectivity index (χ4n) is 2.13. The van der Waals surface area contributed by atoms with Gasteiger partial charge in [0.25, 0.3) is 0 Å². The first kappa shape index (κ1) is 16.3. The highest BCUT2D eigenvalue weighted by molar-refractivity contribution is 5.55. The van der Waals surface area contributed by atoms with Gasteiger partial charge < -0.3 is 9.64 Å². The minimum atomic E-state index is -4.52. The van der Waals surface area contributed by atoms with Gasteiger partial charge in [0, 0.05) is 25.4 Å². The normalized spacial score (nSPS) is 12.8. The molecule has 20 heavy (non-hydrogen) atoms. The summed E-state index contributed by atoms with van der Waals surface area (Å²) in [5.41, 5.74) is -0.682. The van der Waals surface area contributed by atoms with Crippen LogP contribution in [0.15, 0.2) is 18.2 Å². The van der Waals surface area contributed by atoms with Gasteiger partial charge in [-0.15, -0.1) is 0 Å². The number of benzene rings is 1. The predicted octanol–water partition coefficient (Wildman–Crippen LogP) is 3.44. The van der Waals surface area contributed by atoms with Crippen LogP contribution in [-0.2, 0) is 10.9 Å². The number of hydrogen-bond donors (Lipinski definition) is 0. The van der Waals surface area contributed by atoms with Crippen LogP contribution in [0.4, 0.5) is 18.9 Å². The smallest absolute Gasteiger partial charge is 0.383 e. The maximum Gasteiger partial charge on any atom is 0.417 e. The molecule has 0 aliphatic rings. The van der Waals surface area contributed by atoms with Crippen molar-refractivity contribution in [1.82, 2.24) is 0 Å². The van der Waals surface area contributed by atoms with Gasteiger partial charge in [-0.25, -0.2) is 0 Å². The predicted molar refractivity (Wildman–Crippen MR) is 70.5 cm³/mol. The summed E-state index contributed by atoms with van der Waals surface area (Å²) in [5, 5.41) is 8.91. The minimum absolute atomic E-state index is 0.00767. The number of halogens is 3. The van der Waals surface area contributed by atoms with Crippen LogP contribution >= 0.6 is 0 Å². The number of anilines is 1. The largest absolute Gasteiger partial charge is 0.417 e. The first-order chi connectivity index (χ1) is 9.35. The van der Waals surface area contributed by atoms with E-state index in [4.69, 9.17) is 10.00 Å². The third-order valence-electron chi connectivity index (χ3n) is 3.04. The van der Waals surface area contributed by atoms with Crippen molar-refractivity contribution in [3.63, 3.8) is 0 Å². The minimum Gasteiger partial charge on any atom is -0.383 e. The molecule has 1 rings (SSSR count). The summed E-state index contributed by atoms with van der Waals surface area (Å²) in [6.45, 7) is 4.88. The topological polar surface area (TPSA) is 36.3 Å². The Hall–Kier alpha value is -1.74. The Labute approximate surface area is 116 Å². The third-order valence-corrected chi connectivity index (χ3v) is 3.04. The Balaban J connectivity index is 3.18. The van der Waals surface area contributed by atoms with E-state index in [9.17, 15) is 13.2 Å². The summed E-state index contributed by atoms with van der Waals surface area (Å²) in [5.74, 6) is 0. The molecule has 0 aliphatic carbocycles. The summed E-state index contributed by atoms with van der Waals surface area (Å²) in [6, 6.07) is 5.24. The fraction of sp³-hybridized carbons (Fsp3) is 0.500. The molecule has 6 heteroatoms. The lowest BCUT2D eigenvalue weighted by molar-refractivity contribution is -0.137. The number of rotatable bonds is 5. The Kier molecular flexibility index (Phi) is 5.40. The van der Waals surface area contributed by atoms with Crippen LogP contribution in [-0.4, -0.2) is 26.3 Å². The molecule has 0 spiro atoms. The molecule has 0 aliphatic heterocycles. The molecule has 1 atom stereocenters. The zero-order chi connectivity index (χ0) is 15.3. The lowest BCUT2D eigenvalue weighted by Gasteiger charge is -2.30. The molecular formula is C14H17F3N2O. The number of methoxy groups -OCH3 is 1. The molecule has 0 radical (unpaired) electrons. The first-order valence-corrected chi connectivity index (χ1v) is 6.22. The van der Waals surface area contributed by atoms with Crippen molar-refractivity contribution in [2.24, 2.45) is 0 Å². The van der Waals surface area contributed by atoms with E-state index in [2.05, 4.69) is 0 Å². The van der Waals surface area contributed by atoms with Gasteiger partial charge in [-0.3, -0.25) is 0 Å². The number of nitriles is 1. The maximum absolute atomic E-state index is 12.7. The van der Waals surface area contributed by atoms with E-state index in [1.165, 1.54) is 12.1 Å². The van der Waals surface area contributed by atoms with Crippen molar-refractivity contribution in [3.05, 3.63) is 29.3 Å². The van der Waals surface area contributed by atoms with Crippen LogP contribution in [0.5, 0.6) is 0 Å². The molecule has 0 fully saturated rings. The molecule has 3 nitrogen and oxygen atoms in total. The molecule has 0 heterocycles. The van der Waals surface area contributed by atoms with Crippen molar-refractivity contribution in [3.8, 4) is 6.07 Å². The van der Waals surface area contributed by atoms with Crippen LogP contribution in [0.3, 0.4) is 0 Å². The standard InChI is InChI=1S/C14H17F3N2O/c1-4-19(10(2)9-20-3)12-5-6-13(14(15,16)17)11(7-12)8-18/h5-7,10H,4,9H2,1-3H3. The first-order valence-electron chi connectivity index (χ1n) is 6.22. The molecule has 0 saturated heterocycles. The van der Waals surface area contributed by atoms with Crippen LogP contribution in [0.1, 0.15) is 25.0 Å². The summed E-state index contributed by atoms with van der Waals surface area (Å²) in [4.78, 5) is 1.89. The maximum atomic E-state index is 12.7. The summed E-state index contributed by atoms with van der Waals surface area (Å²) < 4.78 is 43.3. The van der Waals surface area contributed by atoms with E-state index >= 15 is 0 Å². The van der Waals surface area contributed by atoms with Gasteiger partial charge in [0.05, 0.1) is 23.8 Å². The average molecular weight is 286 g/mol. The van der Waals surface area contributed by atoms with E-state index in [1.54, 1.807) is 13.2 Å². The number of hydrogen-bond acceptors (Lipinski definition) is 3. The zero-order valence-electron chi connectivity index (χ0n) is 11.7. The van der Waals surface area contributed by atoms with Gasteiger partial charge >= 0.3 is 6.18 Å². The van der Waals surface area contributed by atoms with Crippen LogP contribution in [0.2, 0.25) is 0 Å². The van der Waals surface area contributed by atoms with Gasteiger partial charge in [0.2, 0.25) is 0 Å². The molecular weight excluding hydrogens is 269 g/mol. The lowest BCUT2D eigenvalue weighted by atomic mass is 10.1. The number of likely N-dealkylation sites (N-methyl/N-ethyl adjacent to an activating group) is 1. The summed E-state index contributed by atoms with van der Waals surface area (Å²) in [6.07, 6.45) is -4.52. The number of alkyl halides is 3. The van der Waals surface area contributed by atoms with Crippen molar-refractivity contribution in [2.75, 3.05) is 25.2 Å². The Morgan fingerprint density at radius 3 is 2.50 bits per heavy atom. The second kappa shape index (κ2) is 6.62. The Bertz CT molecular complexity index is 494. The SMILES string of the molecule is CCN(c1ccc(C(F)(F)F)c(C#N)c1)C(C)COC. The van der Waals surface area contributed by atoms with Gasteiger partial charge in [0.1, 0.15) is 0 Å². The summed E-state index contributed by atoms with van der Waals surface area (Å²) in [7, 11) is 1.57. The van der Waals surface area contributed by atoms with Crippen LogP contribution < -0.4 is 4.90 Å². The molecule has 0 amide bonds. The fourth-order valence-corrected chi connectivity index (χ4v) is 2.13. The monoisotopic (exact) mass is 286 g/mol. The third kappa shape index (κ3) is 3.64. The van der Waals surface area contributed by atoms with Crippen molar-refractivity contribution >= 4 is 5.69 Å². The van der Waals surface area contributed by atoms with E-state index < -0.39 is 11.7 Å². The lowest BCUT2D eigenvalue weighted by Crippen LogP contribution is -2.36. The molecule has 1 aromatic carbocycles. The van der Waals surface area contributed by atoms with Crippen molar-refractivity contribution in [2.45, 2.75) is 26.1 Å².